The van der Waals surface area contributed by atoms with Gasteiger partial charge in [0.25, 0.3) is 0 Å². The predicted molar refractivity (Wildman–Crippen MR) is 175 cm³/mol. The molecule has 3 atom stereocenters. The molecule has 1 aromatic heterocycles. The van der Waals surface area contributed by atoms with E-state index in [1.165, 1.54) is 46.3 Å². The van der Waals surface area contributed by atoms with Crippen LogP contribution in [0.25, 0.3) is 16.9 Å². The summed E-state index contributed by atoms with van der Waals surface area (Å²) in [6.07, 6.45) is -3.62. The van der Waals surface area contributed by atoms with Gasteiger partial charge < -0.3 is 15.0 Å². The highest BCUT2D eigenvalue weighted by molar-refractivity contribution is 8.14. The molecule has 1 aliphatic rings. The molecule has 12 heteroatoms. The fourth-order valence-corrected chi connectivity index (χ4v) is 6.80. The number of nitrogens with zero attached hydrogens (tertiary/aromatic N) is 4. The molecule has 5 rings (SSSR count). The van der Waals surface area contributed by atoms with Gasteiger partial charge in [-0.2, -0.15) is 10.1 Å². The number of halogens is 4. The Morgan fingerprint density at radius 1 is 1.04 bits per heavy atom. The summed E-state index contributed by atoms with van der Waals surface area (Å²) in [5.41, 5.74) is 6.69. The molecule has 2 heterocycles. The van der Waals surface area contributed by atoms with Crippen molar-refractivity contribution < 1.29 is 27.1 Å². The molecular formula is C34H35F4N5O2S. The maximum Gasteiger partial charge on any atom is 0.573 e. The van der Waals surface area contributed by atoms with Gasteiger partial charge in [0.1, 0.15) is 11.9 Å². The van der Waals surface area contributed by atoms with Crippen molar-refractivity contribution in [1.29, 1.82) is 0 Å². The Morgan fingerprint density at radius 2 is 1.70 bits per heavy atom. The number of benzene rings is 3. The summed E-state index contributed by atoms with van der Waals surface area (Å²) in [4.78, 5) is 19.5. The lowest BCUT2D eigenvalue weighted by Crippen LogP contribution is -2.43. The minimum Gasteiger partial charge on any atom is -0.406 e. The molecule has 0 saturated carbocycles. The number of carbonyl (C=O) groups excluding carboxylic acids is 1. The maximum atomic E-state index is 15.5. The zero-order valence-electron chi connectivity index (χ0n) is 26.1. The molecule has 4 aromatic rings. The number of amidine groups is 1. The van der Waals surface area contributed by atoms with Gasteiger partial charge in [0.05, 0.1) is 17.4 Å². The maximum absolute atomic E-state index is 15.5. The number of anilines is 1. The lowest BCUT2D eigenvalue weighted by atomic mass is 10.0. The number of aromatic nitrogens is 2. The number of rotatable bonds is 7. The van der Waals surface area contributed by atoms with Gasteiger partial charge in [-0.3, -0.25) is 0 Å². The third kappa shape index (κ3) is 7.72. The second-order valence-electron chi connectivity index (χ2n) is 11.4. The molecule has 46 heavy (non-hydrogen) atoms. The molecule has 1 saturated heterocycles. The van der Waals surface area contributed by atoms with Crippen molar-refractivity contribution in [2.24, 2.45) is 4.99 Å². The summed E-state index contributed by atoms with van der Waals surface area (Å²) in [6.45, 7) is 9.90. The highest BCUT2D eigenvalue weighted by Gasteiger charge is 2.31. The highest BCUT2D eigenvalue weighted by Crippen LogP contribution is 2.35. The molecule has 0 aliphatic carbocycles. The van der Waals surface area contributed by atoms with Crippen LogP contribution >= 0.6 is 11.8 Å². The van der Waals surface area contributed by atoms with Gasteiger partial charge in [-0.1, -0.05) is 53.7 Å². The van der Waals surface area contributed by atoms with Crippen molar-refractivity contribution in [2.75, 3.05) is 10.7 Å². The predicted octanol–water partition coefficient (Wildman–Crippen LogP) is 8.86. The number of urea groups is 1. The first-order valence-corrected chi connectivity index (χ1v) is 15.8. The summed E-state index contributed by atoms with van der Waals surface area (Å²) in [5, 5.41) is 7.80. The van der Waals surface area contributed by atoms with Gasteiger partial charge in [-0.05, 0) is 88.1 Å². The monoisotopic (exact) mass is 653 g/mol. The van der Waals surface area contributed by atoms with E-state index in [1.54, 1.807) is 43.5 Å². The lowest BCUT2D eigenvalue weighted by molar-refractivity contribution is -0.274. The molecule has 242 valence electrons. The van der Waals surface area contributed by atoms with Crippen LogP contribution < -0.4 is 15.0 Å². The van der Waals surface area contributed by atoms with E-state index in [1.807, 2.05) is 0 Å². The topological polar surface area (TPSA) is 71.8 Å². The van der Waals surface area contributed by atoms with Crippen molar-refractivity contribution in [3.05, 3.63) is 95.2 Å². The Kier molecular flexibility index (Phi) is 9.76. The van der Waals surface area contributed by atoms with E-state index in [2.05, 4.69) is 64.9 Å². The SMILES string of the molecule is Cc1cc(C)c(N2C(=NC(=O)NC(C)C(F)c3ccc(-c4ccn(-c5ccc(OC(F)(F)F)cc5)n4)cc3)SCCC2C)c(C)c1. The molecule has 2 amide bonds. The number of amides is 2. The van der Waals surface area contributed by atoms with Crippen LogP contribution in [0.3, 0.4) is 0 Å². The molecule has 7 nitrogen and oxygen atoms in total. The van der Waals surface area contributed by atoms with Crippen molar-refractivity contribution in [3.63, 3.8) is 0 Å². The molecule has 1 aliphatic heterocycles. The first-order valence-electron chi connectivity index (χ1n) is 14.8. The van der Waals surface area contributed by atoms with E-state index >= 15 is 4.39 Å². The number of alkyl halides is 4. The largest absolute Gasteiger partial charge is 0.573 e. The Morgan fingerprint density at radius 3 is 2.33 bits per heavy atom. The second-order valence-corrected chi connectivity index (χ2v) is 12.5. The first-order chi connectivity index (χ1) is 21.8. The van der Waals surface area contributed by atoms with E-state index in [0.717, 1.165) is 34.6 Å². The van der Waals surface area contributed by atoms with Crippen LogP contribution in [0.4, 0.5) is 28.0 Å². The van der Waals surface area contributed by atoms with Gasteiger partial charge in [-0.15, -0.1) is 13.2 Å². The Hall–Kier alpha value is -4.32. The summed E-state index contributed by atoms with van der Waals surface area (Å²) in [7, 11) is 0. The van der Waals surface area contributed by atoms with Gasteiger partial charge in [-0.25, -0.2) is 13.9 Å². The van der Waals surface area contributed by atoms with Crippen molar-refractivity contribution in [3.8, 4) is 22.7 Å². The Bertz CT molecular complexity index is 1700. The van der Waals surface area contributed by atoms with Crippen LogP contribution in [-0.4, -0.2) is 45.2 Å². The molecular weight excluding hydrogens is 618 g/mol. The van der Waals surface area contributed by atoms with Gasteiger partial charge in [0.15, 0.2) is 5.17 Å². The molecule has 0 spiro atoms. The van der Waals surface area contributed by atoms with E-state index in [9.17, 15) is 18.0 Å². The van der Waals surface area contributed by atoms with Crippen molar-refractivity contribution >= 4 is 28.6 Å². The van der Waals surface area contributed by atoms with Gasteiger partial charge in [0, 0.05) is 29.2 Å². The Labute approximate surface area is 269 Å². The van der Waals surface area contributed by atoms with Crippen LogP contribution in [0.1, 0.15) is 48.7 Å². The quantitative estimate of drug-likeness (QED) is 0.202. The van der Waals surface area contributed by atoms with Crippen LogP contribution in [0.2, 0.25) is 0 Å². The number of nitrogens with one attached hydrogen (secondary N) is 1. The number of aliphatic imine (C=N–C) groups is 1. The summed E-state index contributed by atoms with van der Waals surface area (Å²) in [6, 6.07) is 16.8. The number of hydrogen-bond acceptors (Lipinski definition) is 4. The fourth-order valence-electron chi connectivity index (χ4n) is 5.60. The van der Waals surface area contributed by atoms with E-state index in [4.69, 9.17) is 0 Å². The minimum atomic E-state index is -4.77. The third-order valence-electron chi connectivity index (χ3n) is 7.73. The number of hydrogen-bond donors (Lipinski definition) is 1. The van der Waals surface area contributed by atoms with Gasteiger partial charge in [0.2, 0.25) is 0 Å². The fraction of sp³-hybridized carbons (Fsp3) is 0.324. The standard InChI is InChI=1S/C34H35F4N5O2S/c1-20-18-21(2)31(22(3)19-20)43-23(4)15-17-46-33(43)40-32(44)39-24(5)30(35)26-8-6-25(7-9-26)29-14-16-42(41-29)27-10-12-28(13-11-27)45-34(36,37)38/h6-14,16,18-19,23-24,30H,15,17H2,1-5H3,(H,39,44). The molecule has 1 N–H and O–H groups in total. The van der Waals surface area contributed by atoms with E-state index in [-0.39, 0.29) is 11.8 Å². The summed E-state index contributed by atoms with van der Waals surface area (Å²) >= 11 is 1.52. The number of ether oxygens (including phenoxy) is 1. The number of thioether (sulfide) groups is 1. The van der Waals surface area contributed by atoms with Gasteiger partial charge >= 0.3 is 12.4 Å². The molecule has 0 bridgehead atoms. The van der Waals surface area contributed by atoms with Crippen LogP contribution in [-0.2, 0) is 0 Å². The lowest BCUT2D eigenvalue weighted by Gasteiger charge is -2.37. The second kappa shape index (κ2) is 13.6. The smallest absolute Gasteiger partial charge is 0.406 e. The number of carbonyl (C=O) groups is 1. The molecule has 1 fully saturated rings. The molecule has 3 aromatic carbocycles. The van der Waals surface area contributed by atoms with Crippen molar-refractivity contribution in [2.45, 2.75) is 65.7 Å². The van der Waals surface area contributed by atoms with Crippen LogP contribution in [0.15, 0.2) is 77.9 Å². The molecule has 3 unspecified atom stereocenters. The number of aryl methyl sites for hydroxylation is 3. The van der Waals surface area contributed by atoms with E-state index in [0.29, 0.717) is 22.1 Å². The average Bonchev–Trinajstić information content (AvgIpc) is 3.48. The van der Waals surface area contributed by atoms with Crippen molar-refractivity contribution in [1.82, 2.24) is 15.1 Å². The Balaban J connectivity index is 1.24. The van der Waals surface area contributed by atoms with Crippen LogP contribution in [0.5, 0.6) is 5.75 Å². The zero-order chi connectivity index (χ0) is 33.2. The zero-order valence-corrected chi connectivity index (χ0v) is 26.9. The van der Waals surface area contributed by atoms with E-state index < -0.39 is 24.6 Å². The minimum absolute atomic E-state index is 0.155. The third-order valence-corrected chi connectivity index (χ3v) is 8.71. The van der Waals surface area contributed by atoms with Crippen LogP contribution in [0, 0.1) is 20.8 Å². The first kappa shape index (κ1) is 33.1. The highest BCUT2D eigenvalue weighted by atomic mass is 32.2. The summed E-state index contributed by atoms with van der Waals surface area (Å²) in [5.74, 6) is 0.512. The molecule has 0 radical (unpaired) electrons. The summed E-state index contributed by atoms with van der Waals surface area (Å²) < 4.78 is 58.3. The average molecular weight is 654 g/mol. The normalized spacial score (nSPS) is 17.5.